The maximum Gasteiger partial charge on any atom is 0.198 e. The molecule has 0 heterocycles. The summed E-state index contributed by atoms with van der Waals surface area (Å²) in [6, 6.07) is 5.44. The van der Waals surface area contributed by atoms with Gasteiger partial charge in [0.15, 0.2) is 5.78 Å². The van der Waals surface area contributed by atoms with Crippen LogP contribution in [0.3, 0.4) is 0 Å². The number of nitrogens with two attached hydrogens (primary N) is 2. The fourth-order valence-corrected chi connectivity index (χ4v) is 2.12. The van der Waals surface area contributed by atoms with Gasteiger partial charge in [0.05, 0.1) is 5.56 Å². The molecule has 2 rings (SSSR count). The number of nitrogen functional groups attached to an aromatic ring is 1. The first kappa shape index (κ1) is 11.2. The van der Waals surface area contributed by atoms with Gasteiger partial charge in [0.25, 0.3) is 0 Å². The van der Waals surface area contributed by atoms with Gasteiger partial charge in [0.2, 0.25) is 0 Å². The van der Waals surface area contributed by atoms with Crippen molar-refractivity contribution in [3.05, 3.63) is 59.3 Å². The number of rotatable bonds is 2. The SMILES string of the molecule is C=C/C=C(/N)C1=C(C)c2cccc(N)c2C1=O. The van der Waals surface area contributed by atoms with E-state index in [4.69, 9.17) is 11.5 Å². The van der Waals surface area contributed by atoms with E-state index < -0.39 is 0 Å². The van der Waals surface area contributed by atoms with Gasteiger partial charge >= 0.3 is 0 Å². The molecule has 0 saturated carbocycles. The minimum atomic E-state index is -0.105. The van der Waals surface area contributed by atoms with Crippen molar-refractivity contribution in [1.82, 2.24) is 0 Å². The molecule has 0 bridgehead atoms. The standard InChI is InChI=1S/C14H14N2O/c1-3-5-10(15)12-8(2)9-6-4-7-11(16)13(9)14(12)17/h3-7H,1,15-16H2,2H3/b10-5+. The quantitative estimate of drug-likeness (QED) is 0.600. The van der Waals surface area contributed by atoms with Crippen molar-refractivity contribution in [3.8, 4) is 0 Å². The van der Waals surface area contributed by atoms with Crippen LogP contribution in [0.1, 0.15) is 22.8 Å². The van der Waals surface area contributed by atoms with Crippen LogP contribution >= 0.6 is 0 Å². The third-order valence-electron chi connectivity index (χ3n) is 2.92. The summed E-state index contributed by atoms with van der Waals surface area (Å²) >= 11 is 0. The van der Waals surface area contributed by atoms with Crippen LogP contribution in [0.25, 0.3) is 5.57 Å². The van der Waals surface area contributed by atoms with Crippen molar-refractivity contribution in [1.29, 1.82) is 0 Å². The van der Waals surface area contributed by atoms with Crippen LogP contribution in [0, 0.1) is 0 Å². The molecule has 0 amide bonds. The number of hydrogen-bond acceptors (Lipinski definition) is 3. The highest BCUT2D eigenvalue weighted by Gasteiger charge is 2.29. The number of anilines is 1. The van der Waals surface area contributed by atoms with E-state index in [2.05, 4.69) is 6.58 Å². The molecular weight excluding hydrogens is 212 g/mol. The van der Waals surface area contributed by atoms with E-state index in [1.807, 2.05) is 19.1 Å². The Morgan fingerprint density at radius 1 is 1.41 bits per heavy atom. The summed E-state index contributed by atoms with van der Waals surface area (Å²) in [4.78, 5) is 12.3. The number of ketones is 1. The van der Waals surface area contributed by atoms with Crippen LogP contribution in [0.5, 0.6) is 0 Å². The Balaban J connectivity index is 2.66. The minimum Gasteiger partial charge on any atom is -0.398 e. The highest BCUT2D eigenvalue weighted by Crippen LogP contribution is 2.37. The van der Waals surface area contributed by atoms with Crippen molar-refractivity contribution in [2.75, 3.05) is 5.73 Å². The molecule has 1 aromatic carbocycles. The molecule has 1 aliphatic carbocycles. The molecule has 1 aromatic rings. The molecular formula is C14H14N2O. The molecule has 0 atom stereocenters. The van der Waals surface area contributed by atoms with E-state index >= 15 is 0 Å². The fourth-order valence-electron chi connectivity index (χ4n) is 2.12. The minimum absolute atomic E-state index is 0.105. The van der Waals surface area contributed by atoms with Crippen molar-refractivity contribution >= 4 is 17.0 Å². The lowest BCUT2D eigenvalue weighted by Gasteiger charge is -2.02. The fraction of sp³-hybridized carbons (Fsp3) is 0.0714. The zero-order chi connectivity index (χ0) is 12.6. The summed E-state index contributed by atoms with van der Waals surface area (Å²) in [6.07, 6.45) is 3.19. The largest absolute Gasteiger partial charge is 0.398 e. The third kappa shape index (κ3) is 1.56. The predicted molar refractivity (Wildman–Crippen MR) is 70.2 cm³/mol. The van der Waals surface area contributed by atoms with Crippen LogP contribution in [0.4, 0.5) is 5.69 Å². The smallest absolute Gasteiger partial charge is 0.198 e. The summed E-state index contributed by atoms with van der Waals surface area (Å²) < 4.78 is 0. The van der Waals surface area contributed by atoms with Crippen molar-refractivity contribution in [2.24, 2.45) is 5.73 Å². The Morgan fingerprint density at radius 3 is 2.71 bits per heavy atom. The first-order valence-corrected chi connectivity index (χ1v) is 5.31. The summed E-state index contributed by atoms with van der Waals surface area (Å²) in [5, 5.41) is 0. The van der Waals surface area contributed by atoms with Crippen LogP contribution in [0.2, 0.25) is 0 Å². The van der Waals surface area contributed by atoms with E-state index in [0.717, 1.165) is 11.1 Å². The summed E-state index contributed by atoms with van der Waals surface area (Å²) in [5.41, 5.74) is 15.4. The maximum atomic E-state index is 12.3. The Morgan fingerprint density at radius 2 is 2.12 bits per heavy atom. The molecule has 4 N–H and O–H groups in total. The second-order valence-corrected chi connectivity index (χ2v) is 3.96. The Kier molecular flexibility index (Phi) is 2.60. The van der Waals surface area contributed by atoms with Gasteiger partial charge in [-0.3, -0.25) is 4.79 Å². The molecule has 0 fully saturated rings. The lowest BCUT2D eigenvalue weighted by atomic mass is 10.0. The van der Waals surface area contributed by atoms with Crippen molar-refractivity contribution in [2.45, 2.75) is 6.92 Å². The molecule has 3 nitrogen and oxygen atoms in total. The Labute approximate surface area is 100 Å². The zero-order valence-corrected chi connectivity index (χ0v) is 9.66. The van der Waals surface area contributed by atoms with Gasteiger partial charge in [-0.25, -0.2) is 0 Å². The highest BCUT2D eigenvalue weighted by molar-refractivity contribution is 6.25. The lowest BCUT2D eigenvalue weighted by Crippen LogP contribution is -2.09. The first-order valence-electron chi connectivity index (χ1n) is 5.31. The second kappa shape index (κ2) is 3.94. The van der Waals surface area contributed by atoms with Crippen LogP contribution in [-0.4, -0.2) is 5.78 Å². The van der Waals surface area contributed by atoms with Crippen molar-refractivity contribution in [3.63, 3.8) is 0 Å². The molecule has 0 aliphatic heterocycles. The van der Waals surface area contributed by atoms with Crippen LogP contribution in [-0.2, 0) is 0 Å². The molecule has 0 radical (unpaired) electrons. The summed E-state index contributed by atoms with van der Waals surface area (Å²) in [5.74, 6) is -0.105. The van der Waals surface area contributed by atoms with Crippen molar-refractivity contribution < 1.29 is 4.79 Å². The van der Waals surface area contributed by atoms with Crippen LogP contribution in [0.15, 0.2) is 48.2 Å². The summed E-state index contributed by atoms with van der Waals surface area (Å²) in [7, 11) is 0. The monoisotopic (exact) mass is 226 g/mol. The number of carbonyl (C=O) groups excluding carboxylic acids is 1. The molecule has 0 unspecified atom stereocenters. The number of benzene rings is 1. The van der Waals surface area contributed by atoms with Gasteiger partial charge in [0.1, 0.15) is 0 Å². The van der Waals surface area contributed by atoms with E-state index in [1.54, 1.807) is 18.2 Å². The molecule has 0 saturated heterocycles. The molecule has 86 valence electrons. The Hall–Kier alpha value is -2.29. The van der Waals surface area contributed by atoms with Gasteiger partial charge in [0, 0.05) is 17.0 Å². The summed E-state index contributed by atoms with van der Waals surface area (Å²) in [6.45, 7) is 5.45. The van der Waals surface area contributed by atoms with E-state index in [0.29, 0.717) is 22.5 Å². The topological polar surface area (TPSA) is 69.1 Å². The van der Waals surface area contributed by atoms with E-state index in [9.17, 15) is 4.79 Å². The molecule has 0 aromatic heterocycles. The van der Waals surface area contributed by atoms with Gasteiger partial charge in [-0.1, -0.05) is 24.8 Å². The number of hydrogen-bond donors (Lipinski definition) is 2. The average Bonchev–Trinajstić information content (AvgIpc) is 2.53. The van der Waals surface area contributed by atoms with E-state index in [-0.39, 0.29) is 5.78 Å². The third-order valence-corrected chi connectivity index (χ3v) is 2.92. The maximum absolute atomic E-state index is 12.3. The van der Waals surface area contributed by atoms with Gasteiger partial charge in [-0.2, -0.15) is 0 Å². The molecule has 3 heteroatoms. The molecule has 0 spiro atoms. The number of allylic oxidation sites excluding steroid dienone is 4. The lowest BCUT2D eigenvalue weighted by molar-refractivity contribution is 0.104. The second-order valence-electron chi connectivity index (χ2n) is 3.96. The number of fused-ring (bicyclic) bond motifs is 1. The van der Waals surface area contributed by atoms with Gasteiger partial charge < -0.3 is 11.5 Å². The number of carbonyl (C=O) groups is 1. The number of Topliss-reactive ketones (excluding diaryl/α,β-unsaturated/α-hetero) is 1. The molecule has 17 heavy (non-hydrogen) atoms. The predicted octanol–water partition coefficient (Wildman–Crippen LogP) is 2.27. The molecule has 1 aliphatic rings. The van der Waals surface area contributed by atoms with E-state index in [1.165, 1.54) is 0 Å². The zero-order valence-electron chi connectivity index (χ0n) is 9.66. The first-order chi connectivity index (χ1) is 8.07. The van der Waals surface area contributed by atoms with Gasteiger partial charge in [-0.15, -0.1) is 0 Å². The average molecular weight is 226 g/mol. The Bertz CT molecular complexity index is 580. The normalized spacial score (nSPS) is 15.1. The highest BCUT2D eigenvalue weighted by atomic mass is 16.1. The van der Waals surface area contributed by atoms with Crippen LogP contribution < -0.4 is 11.5 Å². The van der Waals surface area contributed by atoms with Gasteiger partial charge in [-0.05, 0) is 30.2 Å².